The van der Waals surface area contributed by atoms with Gasteiger partial charge in [0.25, 0.3) is 10.1 Å². The van der Waals surface area contributed by atoms with Crippen molar-refractivity contribution in [2.45, 2.75) is 88.9 Å². The molecule has 4 saturated carbocycles. The maximum Gasteiger partial charge on any atom is 0.302 e. The average Bonchev–Trinajstić information content (AvgIpc) is 3.03. The largest absolute Gasteiger partial charge is 0.462 e. The quantitative estimate of drug-likeness (QED) is 0.341. The van der Waals surface area contributed by atoms with Crippen LogP contribution in [0.4, 0.5) is 0 Å². The van der Waals surface area contributed by atoms with E-state index in [-0.39, 0.29) is 43.2 Å². The van der Waals surface area contributed by atoms with Gasteiger partial charge in [-0.25, -0.2) is 0 Å². The lowest BCUT2D eigenvalue weighted by atomic mass is 9.41. The van der Waals surface area contributed by atoms with Crippen LogP contribution in [0, 0.1) is 28.6 Å². The number of hydrogen-bond donors (Lipinski definition) is 1. The Labute approximate surface area is 206 Å². The third-order valence-electron chi connectivity index (χ3n) is 10.5. The summed E-state index contributed by atoms with van der Waals surface area (Å²) in [5.41, 5.74) is -3.28. The third-order valence-corrected chi connectivity index (χ3v) is 11.0. The van der Waals surface area contributed by atoms with Crippen molar-refractivity contribution in [2.75, 3.05) is 19.5 Å². The summed E-state index contributed by atoms with van der Waals surface area (Å²) in [5.74, 6) is -1.71. The van der Waals surface area contributed by atoms with Crippen LogP contribution in [0.5, 0.6) is 0 Å². The van der Waals surface area contributed by atoms with Crippen molar-refractivity contribution in [1.82, 2.24) is 0 Å². The molecule has 9 nitrogen and oxygen atoms in total. The number of ether oxygens (including phenoxy) is 2. The normalized spacial score (nSPS) is 47.3. The summed E-state index contributed by atoms with van der Waals surface area (Å²) < 4.78 is 41.5. The Balaban J connectivity index is 1.56. The van der Waals surface area contributed by atoms with Gasteiger partial charge in [0, 0.05) is 30.1 Å². The zero-order valence-electron chi connectivity index (χ0n) is 20.7. The smallest absolute Gasteiger partial charge is 0.302 e. The summed E-state index contributed by atoms with van der Waals surface area (Å²) in [6, 6.07) is 0. The van der Waals surface area contributed by atoms with Crippen molar-refractivity contribution in [2.24, 2.45) is 28.6 Å². The highest BCUT2D eigenvalue weighted by Gasteiger charge is 2.73. The van der Waals surface area contributed by atoms with Crippen LogP contribution >= 0.6 is 0 Å². The van der Waals surface area contributed by atoms with E-state index in [1.165, 1.54) is 6.92 Å². The Hall–Kier alpha value is -1.36. The van der Waals surface area contributed by atoms with E-state index in [0.717, 1.165) is 6.26 Å². The van der Waals surface area contributed by atoms with Crippen LogP contribution in [0.2, 0.25) is 0 Å². The molecule has 0 aromatic carbocycles. The summed E-state index contributed by atoms with van der Waals surface area (Å²) in [6.07, 6.45) is 5.38. The van der Waals surface area contributed by atoms with Gasteiger partial charge in [-0.2, -0.15) is 8.42 Å². The number of rotatable bonds is 4. The van der Waals surface area contributed by atoms with Gasteiger partial charge in [-0.15, -0.1) is 0 Å². The van der Waals surface area contributed by atoms with E-state index in [0.29, 0.717) is 51.4 Å². The molecule has 0 aromatic rings. The first-order valence-electron chi connectivity index (χ1n) is 12.7. The molecule has 1 N–H and O–H groups in total. The lowest BCUT2D eigenvalue weighted by Gasteiger charge is -2.67. The molecule has 0 spiro atoms. The van der Waals surface area contributed by atoms with Crippen LogP contribution in [0.25, 0.3) is 0 Å². The second-order valence-electron chi connectivity index (χ2n) is 11.9. The molecule has 2 bridgehead atoms. The van der Waals surface area contributed by atoms with Gasteiger partial charge in [-0.3, -0.25) is 18.6 Å². The molecule has 8 atom stereocenters. The molecule has 1 heterocycles. The molecule has 4 aliphatic carbocycles. The van der Waals surface area contributed by atoms with Gasteiger partial charge in [0.1, 0.15) is 12.7 Å². The van der Waals surface area contributed by atoms with Gasteiger partial charge in [-0.1, -0.05) is 6.92 Å². The molecule has 0 unspecified atom stereocenters. The molecular weight excluding hydrogens is 476 g/mol. The molecule has 0 aromatic heterocycles. The Kier molecular flexibility index (Phi) is 5.83. The Morgan fingerprint density at radius 3 is 2.49 bits per heavy atom. The van der Waals surface area contributed by atoms with Crippen molar-refractivity contribution in [1.29, 1.82) is 0 Å². The van der Waals surface area contributed by atoms with Crippen molar-refractivity contribution in [3.63, 3.8) is 0 Å². The first-order valence-corrected chi connectivity index (χ1v) is 14.5. The van der Waals surface area contributed by atoms with Crippen LogP contribution in [0.3, 0.4) is 0 Å². The zero-order chi connectivity index (χ0) is 25.4. The van der Waals surface area contributed by atoms with Gasteiger partial charge in [0.05, 0.1) is 24.1 Å². The lowest BCUT2D eigenvalue weighted by Crippen LogP contribution is -2.70. The lowest BCUT2D eigenvalue weighted by molar-refractivity contribution is -0.275. The molecule has 5 aliphatic rings. The monoisotopic (exact) mass is 512 g/mol. The molecule has 1 saturated heterocycles. The fourth-order valence-corrected chi connectivity index (χ4v) is 9.45. The number of esters is 1. The molecule has 0 radical (unpaired) electrons. The van der Waals surface area contributed by atoms with E-state index >= 15 is 0 Å². The minimum Gasteiger partial charge on any atom is -0.462 e. The van der Waals surface area contributed by atoms with Crippen molar-refractivity contribution in [3.05, 3.63) is 0 Å². The van der Waals surface area contributed by atoms with Crippen LogP contribution in [0.1, 0.15) is 71.6 Å². The van der Waals surface area contributed by atoms with Crippen molar-refractivity contribution >= 4 is 27.7 Å². The average molecular weight is 513 g/mol. The summed E-state index contributed by atoms with van der Waals surface area (Å²) in [4.78, 5) is 37.0. The molecule has 0 amide bonds. The van der Waals surface area contributed by atoms with Gasteiger partial charge in [0.15, 0.2) is 0 Å². The van der Waals surface area contributed by atoms with E-state index in [9.17, 15) is 27.9 Å². The summed E-state index contributed by atoms with van der Waals surface area (Å²) in [5, 5.41) is 12.1. The van der Waals surface area contributed by atoms with E-state index in [2.05, 4.69) is 6.92 Å². The molecule has 5 fully saturated rings. The number of carbonyl (C=O) groups is 3. The second-order valence-corrected chi connectivity index (χ2v) is 13.5. The second kappa shape index (κ2) is 8.07. The highest BCUT2D eigenvalue weighted by molar-refractivity contribution is 7.85. The fraction of sp³-hybridized carbons (Fsp3) is 0.880. The highest BCUT2D eigenvalue weighted by atomic mass is 32.2. The van der Waals surface area contributed by atoms with Gasteiger partial charge >= 0.3 is 5.97 Å². The fourth-order valence-electron chi connectivity index (χ4n) is 9.02. The number of ketones is 2. The molecule has 196 valence electrons. The van der Waals surface area contributed by atoms with Crippen LogP contribution < -0.4 is 0 Å². The summed E-state index contributed by atoms with van der Waals surface area (Å²) in [7, 11) is -3.76. The summed E-state index contributed by atoms with van der Waals surface area (Å²) >= 11 is 0. The predicted molar refractivity (Wildman–Crippen MR) is 123 cm³/mol. The predicted octanol–water partition coefficient (Wildman–Crippen LogP) is 1.94. The Morgan fingerprint density at radius 2 is 1.80 bits per heavy atom. The SMILES string of the molecule is CC(=O)O[C@H]1CC[C@]2(COS(C)(=O)=O)[C@@H]3CC[C@@]4(C)[C@H]5CC[C@]4(OCC(=O)C5=O)[C@H]3CC[C@@]2(O)C1. The van der Waals surface area contributed by atoms with E-state index < -0.39 is 50.0 Å². The van der Waals surface area contributed by atoms with Crippen molar-refractivity contribution in [3.8, 4) is 0 Å². The van der Waals surface area contributed by atoms with E-state index in [1.807, 2.05) is 0 Å². The maximum absolute atomic E-state index is 12.9. The highest BCUT2D eigenvalue weighted by Crippen LogP contribution is 2.71. The number of aliphatic hydroxyl groups is 1. The van der Waals surface area contributed by atoms with Crippen LogP contribution in [0.15, 0.2) is 0 Å². The molecular formula is C25H36O9S. The standard InChI is InChI=1S/C25H36O9S/c1-15(26)34-16-4-9-23(14-33-35(3,30)31)17-5-8-22(2)19-7-11-25(22,32-13-20(27)21(19)28)18(17)6-10-24(23,29)12-16/h16-19,29H,4-14H2,1-3H3/t16-,17+,18-,19-,22-,23-,24+,25-/m0/s1. The molecule has 35 heavy (non-hydrogen) atoms. The number of hydrogen-bond acceptors (Lipinski definition) is 9. The Morgan fingerprint density at radius 1 is 1.09 bits per heavy atom. The third kappa shape index (κ3) is 3.57. The molecule has 10 heteroatoms. The summed E-state index contributed by atoms with van der Waals surface area (Å²) in [6.45, 7) is 3.05. The van der Waals surface area contributed by atoms with Gasteiger partial charge < -0.3 is 14.6 Å². The number of Topliss-reactive ketones (excluding diaryl/α,β-unsaturated/α-hetero) is 2. The topological polar surface area (TPSA) is 133 Å². The first-order chi connectivity index (χ1) is 16.3. The van der Waals surface area contributed by atoms with Crippen LogP contribution in [-0.4, -0.2) is 67.8 Å². The van der Waals surface area contributed by atoms with Gasteiger partial charge in [0.2, 0.25) is 11.6 Å². The minimum absolute atomic E-state index is 0.0429. The van der Waals surface area contributed by atoms with Gasteiger partial charge in [-0.05, 0) is 63.2 Å². The first kappa shape index (κ1) is 25.3. The number of carbonyl (C=O) groups excluding carboxylic acids is 3. The molecule has 1 aliphatic heterocycles. The van der Waals surface area contributed by atoms with E-state index in [1.54, 1.807) is 0 Å². The maximum atomic E-state index is 12.9. The Bertz CT molecular complexity index is 1060. The van der Waals surface area contributed by atoms with Crippen molar-refractivity contribution < 1.29 is 41.6 Å². The van der Waals surface area contributed by atoms with E-state index in [4.69, 9.17) is 13.7 Å². The number of fused-ring (bicyclic) bond motifs is 3. The van der Waals surface area contributed by atoms with Crippen LogP contribution in [-0.2, 0) is 38.2 Å². The minimum atomic E-state index is -3.76. The molecule has 5 rings (SSSR count). The zero-order valence-corrected chi connectivity index (χ0v) is 21.5.